The second-order valence-corrected chi connectivity index (χ2v) is 11.0. The van der Waals surface area contributed by atoms with E-state index < -0.39 is 30.2 Å². The number of imide groups is 1. The molecule has 10 nitrogen and oxygen atoms in total. The Morgan fingerprint density at radius 2 is 1.82 bits per heavy atom. The number of nitrogens with zero attached hydrogens (tertiary/aromatic N) is 2. The molecule has 2 N–H and O–H groups in total. The number of aliphatic hydroxyl groups is 1. The van der Waals surface area contributed by atoms with Crippen LogP contribution >= 0.6 is 0 Å². The smallest absolute Gasteiger partial charge is 0.408 e. The molecule has 3 amide bonds. The molecule has 2 aliphatic rings. The molecule has 10 heteroatoms. The van der Waals surface area contributed by atoms with Crippen LogP contribution < -0.4 is 10.2 Å². The Morgan fingerprint density at radius 3 is 2.55 bits per heavy atom. The third kappa shape index (κ3) is 7.59. The van der Waals surface area contributed by atoms with E-state index in [1.807, 2.05) is 73.8 Å². The monoisotopic (exact) mass is 599 g/mol. The molecule has 5 rings (SSSR count). The van der Waals surface area contributed by atoms with Gasteiger partial charge < -0.3 is 29.5 Å². The van der Waals surface area contributed by atoms with Gasteiger partial charge in [-0.3, -0.25) is 9.59 Å². The second kappa shape index (κ2) is 14.4. The van der Waals surface area contributed by atoms with Crippen LogP contribution in [0, 0.1) is 0 Å². The minimum Gasteiger partial charge on any atom is -0.445 e. The van der Waals surface area contributed by atoms with Gasteiger partial charge in [0.1, 0.15) is 12.6 Å². The number of alkyl carbamates (subject to hydrolysis) is 1. The molecule has 1 unspecified atom stereocenters. The molecular formula is C34H37N3O7. The molecule has 2 heterocycles. The van der Waals surface area contributed by atoms with Crippen LogP contribution in [0.3, 0.4) is 0 Å². The first kappa shape index (κ1) is 31.1. The lowest BCUT2D eigenvalue weighted by Crippen LogP contribution is -2.42. The van der Waals surface area contributed by atoms with Crippen molar-refractivity contribution in [3.63, 3.8) is 0 Å². The number of hydrogen-bond donors (Lipinski definition) is 2. The number of likely N-dealkylation sites (N-methyl/N-ethyl adjacent to an activating group) is 1. The lowest BCUT2D eigenvalue weighted by Gasteiger charge is -2.38. The first-order chi connectivity index (χ1) is 21.3. The Morgan fingerprint density at radius 1 is 1.05 bits per heavy atom. The van der Waals surface area contributed by atoms with Gasteiger partial charge in [0.2, 0.25) is 5.91 Å². The summed E-state index contributed by atoms with van der Waals surface area (Å²) in [6.45, 7) is 5.17. The summed E-state index contributed by atoms with van der Waals surface area (Å²) in [6, 6.07) is 22.7. The van der Waals surface area contributed by atoms with Crippen molar-refractivity contribution in [3.05, 3.63) is 114 Å². The fourth-order valence-corrected chi connectivity index (χ4v) is 5.41. The summed E-state index contributed by atoms with van der Waals surface area (Å²) in [5.41, 5.74) is 3.59. The second-order valence-electron chi connectivity index (χ2n) is 11.0. The number of benzene rings is 3. The van der Waals surface area contributed by atoms with E-state index in [9.17, 15) is 19.5 Å². The maximum Gasteiger partial charge on any atom is 0.408 e. The zero-order chi connectivity index (χ0) is 31.1. The number of ether oxygens (including phenoxy) is 3. The van der Waals surface area contributed by atoms with Gasteiger partial charge in [0.25, 0.3) is 5.91 Å². The molecule has 0 spiro atoms. The van der Waals surface area contributed by atoms with E-state index in [1.54, 1.807) is 18.2 Å². The van der Waals surface area contributed by atoms with E-state index in [0.717, 1.165) is 21.6 Å². The van der Waals surface area contributed by atoms with Crippen molar-refractivity contribution in [3.8, 4) is 0 Å². The van der Waals surface area contributed by atoms with Gasteiger partial charge in [-0.2, -0.15) is 0 Å². The summed E-state index contributed by atoms with van der Waals surface area (Å²) in [7, 11) is 1.99. The van der Waals surface area contributed by atoms with Crippen LogP contribution in [0.2, 0.25) is 0 Å². The number of hydrogen-bond acceptors (Lipinski definition) is 8. The van der Waals surface area contributed by atoms with Gasteiger partial charge in [-0.05, 0) is 35.9 Å². The summed E-state index contributed by atoms with van der Waals surface area (Å²) >= 11 is 0. The first-order valence-corrected chi connectivity index (χ1v) is 14.6. The number of nitrogens with one attached hydrogen (secondary N) is 1. The van der Waals surface area contributed by atoms with Crippen molar-refractivity contribution in [1.29, 1.82) is 0 Å². The Balaban J connectivity index is 1.30. The largest absolute Gasteiger partial charge is 0.445 e. The molecule has 0 saturated carbocycles. The highest BCUT2D eigenvalue weighted by atomic mass is 16.7. The lowest BCUT2D eigenvalue weighted by molar-refractivity contribution is -0.252. The van der Waals surface area contributed by atoms with Crippen LogP contribution in [-0.2, 0) is 37.0 Å². The zero-order valence-electron chi connectivity index (χ0n) is 24.6. The van der Waals surface area contributed by atoms with Crippen molar-refractivity contribution in [2.75, 3.05) is 25.0 Å². The third-order valence-corrected chi connectivity index (χ3v) is 7.62. The quantitative estimate of drug-likeness (QED) is 0.246. The number of anilines is 1. The fourth-order valence-electron chi connectivity index (χ4n) is 5.41. The van der Waals surface area contributed by atoms with E-state index in [0.29, 0.717) is 30.8 Å². The van der Waals surface area contributed by atoms with Crippen molar-refractivity contribution in [2.45, 2.75) is 50.6 Å². The molecule has 2 aliphatic heterocycles. The van der Waals surface area contributed by atoms with Crippen LogP contribution in [0.5, 0.6) is 0 Å². The van der Waals surface area contributed by atoms with Gasteiger partial charge in [0.05, 0.1) is 30.9 Å². The Labute approximate surface area is 256 Å². The van der Waals surface area contributed by atoms with Gasteiger partial charge in [0, 0.05) is 25.1 Å². The number of carbonyl (C=O) groups is 3. The highest BCUT2D eigenvalue weighted by Gasteiger charge is 2.41. The predicted octanol–water partition coefficient (Wildman–Crippen LogP) is 4.40. The van der Waals surface area contributed by atoms with Gasteiger partial charge in [-0.25, -0.2) is 9.69 Å². The Kier molecular flexibility index (Phi) is 10.2. The Bertz CT molecular complexity index is 1460. The average Bonchev–Trinajstić information content (AvgIpc) is 3.32. The van der Waals surface area contributed by atoms with E-state index >= 15 is 0 Å². The molecule has 230 valence electrons. The van der Waals surface area contributed by atoms with E-state index in [-0.39, 0.29) is 31.8 Å². The summed E-state index contributed by atoms with van der Waals surface area (Å²) in [6.07, 6.45) is 0.290. The molecular weight excluding hydrogens is 562 g/mol. The van der Waals surface area contributed by atoms with Crippen molar-refractivity contribution in [2.24, 2.45) is 0 Å². The topological polar surface area (TPSA) is 118 Å². The normalized spacial score (nSPS) is 21.8. The highest BCUT2D eigenvalue weighted by Crippen LogP contribution is 2.39. The minimum atomic E-state index is -1.03. The highest BCUT2D eigenvalue weighted by molar-refractivity contribution is 6.22. The molecule has 44 heavy (non-hydrogen) atoms. The maximum absolute atomic E-state index is 13.3. The Hall–Kier alpha value is -4.35. The number of aliphatic hydroxyl groups excluding tert-OH is 1. The predicted molar refractivity (Wildman–Crippen MR) is 163 cm³/mol. The lowest BCUT2D eigenvalue weighted by atomic mass is 9.99. The standard InChI is InChI=1S/C34H37N3O7/c1-3-16-36(2)20-28-18-30(25-14-12-23(21-38)13-15-25)44-33(43-28)26-10-7-11-27(17-26)37-31(39)19-29(32(37)40)35-34(41)42-22-24-8-5-4-6-9-24/h3-15,17,28-30,33,38H,1,16,18-22H2,2H3,(H,35,41)/t28-,29?,30+,33+/m1/s1. The summed E-state index contributed by atoms with van der Waals surface area (Å²) in [5, 5.41) is 12.0. The molecule has 0 radical (unpaired) electrons. The van der Waals surface area contributed by atoms with Crippen LogP contribution in [0.4, 0.5) is 10.5 Å². The van der Waals surface area contributed by atoms with Gasteiger partial charge >= 0.3 is 6.09 Å². The van der Waals surface area contributed by atoms with Gasteiger partial charge in [-0.15, -0.1) is 6.58 Å². The fraction of sp³-hybridized carbons (Fsp3) is 0.324. The minimum absolute atomic E-state index is 0.0432. The van der Waals surface area contributed by atoms with Crippen LogP contribution in [0.25, 0.3) is 0 Å². The average molecular weight is 600 g/mol. The number of amides is 3. The summed E-state index contributed by atoms with van der Waals surface area (Å²) in [4.78, 5) is 41.8. The van der Waals surface area contributed by atoms with Crippen LogP contribution in [0.15, 0.2) is 91.5 Å². The van der Waals surface area contributed by atoms with Gasteiger partial charge in [0.15, 0.2) is 6.29 Å². The van der Waals surface area contributed by atoms with Crippen molar-refractivity contribution >= 4 is 23.6 Å². The molecule has 3 aromatic carbocycles. The molecule has 2 fully saturated rings. The number of carbonyl (C=O) groups excluding carboxylic acids is 3. The van der Waals surface area contributed by atoms with Crippen LogP contribution in [-0.4, -0.2) is 60.2 Å². The third-order valence-electron chi connectivity index (χ3n) is 7.62. The molecule has 4 atom stereocenters. The van der Waals surface area contributed by atoms with E-state index in [1.165, 1.54) is 0 Å². The molecule has 3 aromatic rings. The SMILES string of the molecule is C=CCN(C)C[C@H]1C[C@@H](c2ccc(CO)cc2)O[C@@H](c2cccc(N3C(=O)CC(NC(=O)OCc4ccccc4)C3=O)c2)O1. The summed E-state index contributed by atoms with van der Waals surface area (Å²) < 4.78 is 18.1. The van der Waals surface area contributed by atoms with Crippen LogP contribution in [0.1, 0.15) is 47.5 Å². The van der Waals surface area contributed by atoms with Gasteiger partial charge in [-0.1, -0.05) is 72.8 Å². The molecule has 2 saturated heterocycles. The van der Waals surface area contributed by atoms with Crippen molar-refractivity contribution in [1.82, 2.24) is 10.2 Å². The molecule has 0 aliphatic carbocycles. The zero-order valence-corrected chi connectivity index (χ0v) is 24.6. The number of rotatable bonds is 11. The molecule has 0 aromatic heterocycles. The van der Waals surface area contributed by atoms with E-state index in [4.69, 9.17) is 14.2 Å². The van der Waals surface area contributed by atoms with E-state index in [2.05, 4.69) is 16.8 Å². The molecule has 0 bridgehead atoms. The summed E-state index contributed by atoms with van der Waals surface area (Å²) in [5.74, 6) is -0.975. The first-order valence-electron chi connectivity index (χ1n) is 14.6. The van der Waals surface area contributed by atoms with Crippen molar-refractivity contribution < 1.29 is 33.7 Å². The maximum atomic E-state index is 13.3.